The Hall–Kier alpha value is -1.06. The Morgan fingerprint density at radius 1 is 1.27 bits per heavy atom. The van der Waals surface area contributed by atoms with Gasteiger partial charge in [-0.15, -0.1) is 0 Å². The second kappa shape index (κ2) is 4.97. The number of hydrogen-bond donors (Lipinski definition) is 2. The maximum absolute atomic E-state index is 10.7. The highest BCUT2D eigenvalue weighted by Crippen LogP contribution is 2.61. The number of phenolic OH excluding ortho intramolecular Hbond substituents is 1. The van der Waals surface area contributed by atoms with Gasteiger partial charge in [-0.1, -0.05) is 13.0 Å². The lowest BCUT2D eigenvalue weighted by atomic mass is 9.55. The molecule has 0 saturated heterocycles. The van der Waals surface area contributed by atoms with E-state index >= 15 is 0 Å². The number of aliphatic hydroxyl groups is 1. The molecular formula is C19H26O3. The summed E-state index contributed by atoms with van der Waals surface area (Å²) in [6, 6.07) is 5.90. The Balaban J connectivity index is 1.69. The minimum Gasteiger partial charge on any atom is -0.508 e. The molecule has 1 aromatic carbocycles. The molecule has 2 saturated carbocycles. The van der Waals surface area contributed by atoms with Crippen LogP contribution in [-0.4, -0.2) is 29.5 Å². The zero-order chi connectivity index (χ0) is 15.5. The van der Waals surface area contributed by atoms with Crippen molar-refractivity contribution in [3.63, 3.8) is 0 Å². The molecule has 120 valence electrons. The Bertz CT molecular complexity index is 584. The number of rotatable bonds is 1. The number of benzene rings is 1. The van der Waals surface area contributed by atoms with Crippen molar-refractivity contribution >= 4 is 0 Å². The second-order valence-electron chi connectivity index (χ2n) is 7.80. The van der Waals surface area contributed by atoms with Gasteiger partial charge in [0, 0.05) is 7.11 Å². The van der Waals surface area contributed by atoms with Gasteiger partial charge in [0.2, 0.25) is 0 Å². The Morgan fingerprint density at radius 2 is 2.09 bits per heavy atom. The van der Waals surface area contributed by atoms with E-state index in [0.717, 1.165) is 25.7 Å². The van der Waals surface area contributed by atoms with Crippen LogP contribution in [0.3, 0.4) is 0 Å². The Morgan fingerprint density at radius 3 is 2.86 bits per heavy atom. The van der Waals surface area contributed by atoms with Crippen molar-refractivity contribution in [1.82, 2.24) is 0 Å². The molecule has 1 aromatic rings. The number of methoxy groups -OCH3 is 1. The largest absolute Gasteiger partial charge is 0.508 e. The van der Waals surface area contributed by atoms with E-state index in [1.54, 1.807) is 7.11 Å². The van der Waals surface area contributed by atoms with Gasteiger partial charge in [-0.2, -0.15) is 0 Å². The molecule has 6 atom stereocenters. The van der Waals surface area contributed by atoms with Gasteiger partial charge < -0.3 is 14.9 Å². The summed E-state index contributed by atoms with van der Waals surface area (Å²) in [4.78, 5) is 0. The van der Waals surface area contributed by atoms with E-state index in [-0.39, 0.29) is 17.6 Å². The van der Waals surface area contributed by atoms with Crippen molar-refractivity contribution in [2.75, 3.05) is 7.11 Å². The minimum atomic E-state index is -0.329. The molecule has 0 radical (unpaired) electrons. The SMILES string of the molecule is CO[C@@H]1C[C@H]2[C@@H]3CCc4cc(O)ccc4[C@H]3CC[C@]2(C)[C@@H]1O. The highest BCUT2D eigenvalue weighted by molar-refractivity contribution is 5.40. The smallest absolute Gasteiger partial charge is 0.115 e. The van der Waals surface area contributed by atoms with Crippen LogP contribution < -0.4 is 0 Å². The predicted molar refractivity (Wildman–Crippen MR) is 84.9 cm³/mol. The molecule has 0 aromatic heterocycles. The molecule has 0 unspecified atom stereocenters. The first-order valence-corrected chi connectivity index (χ1v) is 8.57. The van der Waals surface area contributed by atoms with E-state index in [1.165, 1.54) is 17.5 Å². The van der Waals surface area contributed by atoms with E-state index in [1.807, 2.05) is 12.1 Å². The molecule has 0 aliphatic heterocycles. The van der Waals surface area contributed by atoms with Crippen LogP contribution >= 0.6 is 0 Å². The number of hydrogen-bond acceptors (Lipinski definition) is 3. The van der Waals surface area contributed by atoms with E-state index in [0.29, 0.717) is 23.5 Å². The molecule has 22 heavy (non-hydrogen) atoms. The van der Waals surface area contributed by atoms with Crippen molar-refractivity contribution in [2.24, 2.45) is 17.3 Å². The van der Waals surface area contributed by atoms with E-state index < -0.39 is 0 Å². The normalized spacial score (nSPS) is 43.3. The van der Waals surface area contributed by atoms with Crippen molar-refractivity contribution in [1.29, 1.82) is 0 Å². The first-order chi connectivity index (χ1) is 10.5. The maximum Gasteiger partial charge on any atom is 0.115 e. The lowest BCUT2D eigenvalue weighted by Crippen LogP contribution is -2.45. The molecule has 0 bridgehead atoms. The van der Waals surface area contributed by atoms with Crippen molar-refractivity contribution < 1.29 is 14.9 Å². The summed E-state index contributed by atoms with van der Waals surface area (Å²) in [5, 5.41) is 20.4. The molecule has 0 amide bonds. The molecule has 3 aliphatic carbocycles. The highest BCUT2D eigenvalue weighted by atomic mass is 16.5. The second-order valence-corrected chi connectivity index (χ2v) is 7.80. The highest BCUT2D eigenvalue weighted by Gasteiger charge is 2.58. The fourth-order valence-corrected chi connectivity index (χ4v) is 5.76. The molecule has 3 aliphatic rings. The van der Waals surface area contributed by atoms with Crippen LogP contribution in [-0.2, 0) is 11.2 Å². The van der Waals surface area contributed by atoms with Crippen LogP contribution in [0.25, 0.3) is 0 Å². The summed E-state index contributed by atoms with van der Waals surface area (Å²) < 4.78 is 5.56. The zero-order valence-electron chi connectivity index (χ0n) is 13.5. The predicted octanol–water partition coefficient (Wildman–Crippen LogP) is 3.23. The molecule has 0 spiro atoms. The third-order valence-electron chi connectivity index (χ3n) is 6.96. The zero-order valence-corrected chi connectivity index (χ0v) is 13.5. The van der Waals surface area contributed by atoms with Gasteiger partial charge >= 0.3 is 0 Å². The lowest BCUT2D eigenvalue weighted by molar-refractivity contribution is -0.0607. The topological polar surface area (TPSA) is 49.7 Å². The van der Waals surface area contributed by atoms with Crippen molar-refractivity contribution in [2.45, 2.75) is 57.2 Å². The summed E-state index contributed by atoms with van der Waals surface area (Å²) in [5.74, 6) is 2.16. The van der Waals surface area contributed by atoms with E-state index in [2.05, 4.69) is 13.0 Å². The monoisotopic (exact) mass is 302 g/mol. The van der Waals surface area contributed by atoms with Crippen molar-refractivity contribution in [3.05, 3.63) is 29.3 Å². The number of aromatic hydroxyl groups is 1. The molecule has 2 fully saturated rings. The molecule has 3 heteroatoms. The average molecular weight is 302 g/mol. The quantitative estimate of drug-likeness (QED) is 0.837. The first kappa shape index (κ1) is 14.5. The van der Waals surface area contributed by atoms with Gasteiger partial charge in [0.15, 0.2) is 0 Å². The summed E-state index contributed by atoms with van der Waals surface area (Å²) in [6.45, 7) is 2.27. The Kier molecular flexibility index (Phi) is 3.28. The molecule has 2 N–H and O–H groups in total. The van der Waals surface area contributed by atoms with Gasteiger partial charge in [0.05, 0.1) is 12.2 Å². The van der Waals surface area contributed by atoms with E-state index in [9.17, 15) is 10.2 Å². The van der Waals surface area contributed by atoms with Gasteiger partial charge in [0.25, 0.3) is 0 Å². The van der Waals surface area contributed by atoms with Crippen LogP contribution in [0.2, 0.25) is 0 Å². The third-order valence-corrected chi connectivity index (χ3v) is 6.96. The van der Waals surface area contributed by atoms with Crippen LogP contribution in [0.4, 0.5) is 0 Å². The fraction of sp³-hybridized carbons (Fsp3) is 0.684. The van der Waals surface area contributed by atoms with Gasteiger partial charge in [0.1, 0.15) is 5.75 Å². The number of phenols is 1. The minimum absolute atomic E-state index is 0.00466. The number of ether oxygens (including phenoxy) is 1. The lowest BCUT2D eigenvalue weighted by Gasteiger charge is -2.49. The van der Waals surface area contributed by atoms with Crippen molar-refractivity contribution in [3.8, 4) is 5.75 Å². The van der Waals surface area contributed by atoms with Gasteiger partial charge in [-0.25, -0.2) is 0 Å². The number of fused-ring (bicyclic) bond motifs is 5. The molecule has 0 heterocycles. The molecule has 3 nitrogen and oxygen atoms in total. The molecular weight excluding hydrogens is 276 g/mol. The standard InChI is InChI=1S/C19H26O3/c1-19-8-7-14-13-6-4-12(20)9-11(13)3-5-15(14)16(19)10-17(22-2)18(19)21/h4,6,9,14-18,20-21H,3,5,7-8,10H2,1-2H3/t14-,15-,16+,17-,18-,19+/m1/s1. The average Bonchev–Trinajstić information content (AvgIpc) is 2.78. The summed E-state index contributed by atoms with van der Waals surface area (Å²) in [5.41, 5.74) is 2.77. The number of aliphatic hydroxyl groups excluding tert-OH is 1. The summed E-state index contributed by atoms with van der Waals surface area (Å²) >= 11 is 0. The van der Waals surface area contributed by atoms with Gasteiger partial charge in [-0.3, -0.25) is 0 Å². The summed E-state index contributed by atoms with van der Waals surface area (Å²) in [7, 11) is 1.73. The molecule has 4 rings (SSSR count). The number of aryl methyl sites for hydroxylation is 1. The maximum atomic E-state index is 10.7. The summed E-state index contributed by atoms with van der Waals surface area (Å²) in [6.07, 6.45) is 5.08. The Labute approximate surface area is 132 Å². The van der Waals surface area contributed by atoms with Crippen LogP contribution in [0, 0.1) is 17.3 Å². The van der Waals surface area contributed by atoms with Crippen LogP contribution in [0.1, 0.15) is 49.7 Å². The van der Waals surface area contributed by atoms with E-state index in [4.69, 9.17) is 4.74 Å². The first-order valence-electron chi connectivity index (χ1n) is 8.57. The van der Waals surface area contributed by atoms with Crippen LogP contribution in [0.15, 0.2) is 18.2 Å². The third kappa shape index (κ3) is 1.88. The fourth-order valence-electron chi connectivity index (χ4n) is 5.76. The van der Waals surface area contributed by atoms with Gasteiger partial charge in [-0.05, 0) is 78.5 Å². The van der Waals surface area contributed by atoms with Crippen LogP contribution in [0.5, 0.6) is 5.75 Å².